The minimum Gasteiger partial charge on any atom is -0.497 e. The molecule has 144 valence electrons. The molecule has 0 amide bonds. The molecular weight excluding hydrogens is 370 g/mol. The Bertz CT molecular complexity index is 1040. The predicted octanol–water partition coefficient (Wildman–Crippen LogP) is 5.40. The Kier molecular flexibility index (Phi) is 5.58. The summed E-state index contributed by atoms with van der Waals surface area (Å²) >= 11 is 1.69. The summed E-state index contributed by atoms with van der Waals surface area (Å²) in [5.74, 6) is 1.72. The van der Waals surface area contributed by atoms with Crippen molar-refractivity contribution in [3.8, 4) is 21.9 Å². The van der Waals surface area contributed by atoms with Gasteiger partial charge in [0.15, 0.2) is 5.65 Å². The number of pyridine rings is 1. The zero-order chi connectivity index (χ0) is 19.3. The molecule has 0 aliphatic rings. The smallest absolute Gasteiger partial charge is 0.161 e. The van der Waals surface area contributed by atoms with Crippen LogP contribution in [0.5, 0.6) is 11.5 Å². The SMILES string of the molecule is CCCCOc1c(-c2cccs2)cnc2c1cnn2Cc1ccc(OC)cc1. The van der Waals surface area contributed by atoms with Gasteiger partial charge < -0.3 is 9.47 Å². The Morgan fingerprint density at radius 1 is 1.11 bits per heavy atom. The summed E-state index contributed by atoms with van der Waals surface area (Å²) in [7, 11) is 1.67. The fourth-order valence-corrected chi connectivity index (χ4v) is 3.84. The summed E-state index contributed by atoms with van der Waals surface area (Å²) < 4.78 is 13.4. The monoisotopic (exact) mass is 393 g/mol. The molecule has 28 heavy (non-hydrogen) atoms. The van der Waals surface area contributed by atoms with Gasteiger partial charge in [0, 0.05) is 11.1 Å². The van der Waals surface area contributed by atoms with Gasteiger partial charge in [-0.25, -0.2) is 9.67 Å². The van der Waals surface area contributed by atoms with Gasteiger partial charge >= 0.3 is 0 Å². The average molecular weight is 394 g/mol. The van der Waals surface area contributed by atoms with Crippen LogP contribution in [0, 0.1) is 0 Å². The van der Waals surface area contributed by atoms with Crippen LogP contribution in [0.1, 0.15) is 25.3 Å². The maximum Gasteiger partial charge on any atom is 0.161 e. The Hall–Kier alpha value is -2.86. The molecule has 0 saturated carbocycles. The number of fused-ring (bicyclic) bond motifs is 1. The lowest BCUT2D eigenvalue weighted by Crippen LogP contribution is -2.03. The zero-order valence-corrected chi connectivity index (χ0v) is 16.9. The molecule has 4 aromatic rings. The van der Waals surface area contributed by atoms with Gasteiger partial charge in [0.1, 0.15) is 11.5 Å². The number of hydrogen-bond donors (Lipinski definition) is 0. The van der Waals surface area contributed by atoms with Crippen LogP contribution in [0.15, 0.2) is 54.2 Å². The molecule has 0 fully saturated rings. The van der Waals surface area contributed by atoms with Crippen molar-refractivity contribution in [2.75, 3.05) is 13.7 Å². The van der Waals surface area contributed by atoms with Crippen molar-refractivity contribution in [3.63, 3.8) is 0 Å². The van der Waals surface area contributed by atoms with Gasteiger partial charge in [-0.05, 0) is 35.6 Å². The van der Waals surface area contributed by atoms with Crippen LogP contribution in [-0.2, 0) is 6.54 Å². The van der Waals surface area contributed by atoms with Gasteiger partial charge in [0.05, 0.1) is 37.4 Å². The van der Waals surface area contributed by atoms with E-state index in [4.69, 9.17) is 14.5 Å². The minimum atomic E-state index is 0.646. The lowest BCUT2D eigenvalue weighted by Gasteiger charge is -2.12. The van der Waals surface area contributed by atoms with E-state index in [2.05, 4.69) is 23.5 Å². The number of hydrogen-bond acceptors (Lipinski definition) is 5. The van der Waals surface area contributed by atoms with Gasteiger partial charge in [-0.15, -0.1) is 11.3 Å². The van der Waals surface area contributed by atoms with Crippen LogP contribution in [-0.4, -0.2) is 28.5 Å². The van der Waals surface area contributed by atoms with Crippen LogP contribution in [0.4, 0.5) is 0 Å². The summed E-state index contributed by atoms with van der Waals surface area (Å²) in [5, 5.41) is 7.62. The number of aromatic nitrogens is 3. The zero-order valence-electron chi connectivity index (χ0n) is 16.1. The molecule has 4 rings (SSSR count). The number of rotatable bonds is 8. The Labute approximate surface area is 168 Å². The Balaban J connectivity index is 1.71. The molecule has 0 saturated heterocycles. The molecular formula is C22H23N3O2S. The molecule has 0 spiro atoms. The largest absolute Gasteiger partial charge is 0.497 e. The number of thiophene rings is 1. The number of ether oxygens (including phenoxy) is 2. The van der Waals surface area contributed by atoms with E-state index in [9.17, 15) is 0 Å². The first-order valence-corrected chi connectivity index (χ1v) is 10.3. The number of unbranched alkanes of at least 4 members (excludes halogenated alkanes) is 1. The van der Waals surface area contributed by atoms with E-state index >= 15 is 0 Å². The van der Waals surface area contributed by atoms with Gasteiger partial charge in [-0.3, -0.25) is 0 Å². The summed E-state index contributed by atoms with van der Waals surface area (Å²) in [4.78, 5) is 5.87. The first-order valence-electron chi connectivity index (χ1n) is 9.44. The van der Waals surface area contributed by atoms with E-state index in [1.165, 1.54) is 0 Å². The summed E-state index contributed by atoms with van der Waals surface area (Å²) in [6.45, 7) is 3.50. The molecule has 3 heterocycles. The molecule has 0 aliphatic carbocycles. The molecule has 0 unspecified atom stereocenters. The maximum absolute atomic E-state index is 6.21. The van der Waals surface area contributed by atoms with E-state index in [1.54, 1.807) is 18.4 Å². The number of nitrogens with zero attached hydrogens (tertiary/aromatic N) is 3. The Morgan fingerprint density at radius 2 is 1.96 bits per heavy atom. The molecule has 0 radical (unpaired) electrons. The van der Waals surface area contributed by atoms with Gasteiger partial charge in [-0.1, -0.05) is 31.5 Å². The third kappa shape index (κ3) is 3.73. The third-order valence-electron chi connectivity index (χ3n) is 4.64. The number of methoxy groups -OCH3 is 1. The highest BCUT2D eigenvalue weighted by molar-refractivity contribution is 7.13. The van der Waals surface area contributed by atoms with Gasteiger partial charge in [0.25, 0.3) is 0 Å². The standard InChI is InChI=1S/C22H23N3O2S/c1-3-4-11-27-21-18(20-6-5-12-28-20)13-23-22-19(21)14-24-25(22)15-16-7-9-17(26-2)10-8-16/h5-10,12-14H,3-4,11,15H2,1-2H3. The molecule has 0 atom stereocenters. The highest BCUT2D eigenvalue weighted by atomic mass is 32.1. The molecule has 5 nitrogen and oxygen atoms in total. The van der Waals surface area contributed by atoms with E-state index in [-0.39, 0.29) is 0 Å². The first kappa shape index (κ1) is 18.5. The lowest BCUT2D eigenvalue weighted by molar-refractivity contribution is 0.314. The average Bonchev–Trinajstić information content (AvgIpc) is 3.39. The van der Waals surface area contributed by atoms with Crippen LogP contribution in [0.3, 0.4) is 0 Å². The molecule has 6 heteroatoms. The highest BCUT2D eigenvalue weighted by Crippen LogP contribution is 2.38. The summed E-state index contributed by atoms with van der Waals surface area (Å²) in [6.07, 6.45) is 5.89. The summed E-state index contributed by atoms with van der Waals surface area (Å²) in [6, 6.07) is 12.2. The van der Waals surface area contributed by atoms with E-state index in [1.807, 2.05) is 47.4 Å². The fourth-order valence-electron chi connectivity index (χ4n) is 3.11. The first-order chi connectivity index (χ1) is 13.8. The minimum absolute atomic E-state index is 0.646. The Morgan fingerprint density at radius 3 is 2.68 bits per heavy atom. The molecule has 1 aromatic carbocycles. The summed E-state index contributed by atoms with van der Waals surface area (Å²) in [5.41, 5.74) is 3.01. The predicted molar refractivity (Wildman–Crippen MR) is 113 cm³/mol. The van der Waals surface area contributed by atoms with E-state index < -0.39 is 0 Å². The van der Waals surface area contributed by atoms with Crippen molar-refractivity contribution in [1.29, 1.82) is 0 Å². The van der Waals surface area contributed by atoms with Crippen molar-refractivity contribution in [1.82, 2.24) is 14.8 Å². The van der Waals surface area contributed by atoms with Crippen LogP contribution in [0.2, 0.25) is 0 Å². The second-order valence-corrected chi connectivity index (χ2v) is 7.52. The molecule has 0 bridgehead atoms. The second kappa shape index (κ2) is 8.44. The van der Waals surface area contributed by atoms with E-state index in [0.717, 1.165) is 51.4 Å². The maximum atomic E-state index is 6.21. The fraction of sp³-hybridized carbons (Fsp3) is 0.273. The van der Waals surface area contributed by atoms with Crippen molar-refractivity contribution in [2.45, 2.75) is 26.3 Å². The third-order valence-corrected chi connectivity index (χ3v) is 5.54. The quantitative estimate of drug-likeness (QED) is 0.376. The van der Waals surface area contributed by atoms with Gasteiger partial charge in [-0.2, -0.15) is 5.10 Å². The van der Waals surface area contributed by atoms with Crippen LogP contribution >= 0.6 is 11.3 Å². The van der Waals surface area contributed by atoms with Crippen molar-refractivity contribution >= 4 is 22.4 Å². The normalized spacial score (nSPS) is 11.1. The van der Waals surface area contributed by atoms with Crippen molar-refractivity contribution in [2.24, 2.45) is 0 Å². The van der Waals surface area contributed by atoms with Crippen molar-refractivity contribution in [3.05, 3.63) is 59.7 Å². The van der Waals surface area contributed by atoms with Crippen molar-refractivity contribution < 1.29 is 9.47 Å². The van der Waals surface area contributed by atoms with Gasteiger partial charge in [0.2, 0.25) is 0 Å². The van der Waals surface area contributed by atoms with Crippen LogP contribution in [0.25, 0.3) is 21.5 Å². The molecule has 0 aliphatic heterocycles. The topological polar surface area (TPSA) is 49.2 Å². The number of benzene rings is 1. The molecule has 3 aromatic heterocycles. The van der Waals surface area contributed by atoms with Crippen LogP contribution < -0.4 is 9.47 Å². The molecule has 0 N–H and O–H groups in total. The highest BCUT2D eigenvalue weighted by Gasteiger charge is 2.17. The van der Waals surface area contributed by atoms with E-state index in [0.29, 0.717) is 13.2 Å². The lowest BCUT2D eigenvalue weighted by atomic mass is 10.1. The second-order valence-electron chi connectivity index (χ2n) is 6.57.